The van der Waals surface area contributed by atoms with Gasteiger partial charge in [0.15, 0.2) is 17.3 Å². The van der Waals surface area contributed by atoms with Crippen LogP contribution in [-0.4, -0.2) is 55.2 Å². The van der Waals surface area contributed by atoms with Crippen molar-refractivity contribution in [3.05, 3.63) is 70.3 Å². The van der Waals surface area contributed by atoms with Crippen LogP contribution in [0.5, 0.6) is 11.5 Å². The number of methoxy groups -OCH3 is 1. The molecule has 0 aliphatic carbocycles. The van der Waals surface area contributed by atoms with Crippen LogP contribution in [0.4, 0.5) is 0 Å². The number of carbonyl (C=O) groups excluding carboxylic acids is 2. The van der Waals surface area contributed by atoms with Crippen LogP contribution in [-0.2, 0) is 22.6 Å². The lowest BCUT2D eigenvalue weighted by molar-refractivity contribution is -0.133. The van der Waals surface area contributed by atoms with E-state index >= 15 is 0 Å². The normalized spacial score (nSPS) is 12.0. The van der Waals surface area contributed by atoms with E-state index in [1.165, 1.54) is 11.2 Å². The van der Waals surface area contributed by atoms with Crippen molar-refractivity contribution in [2.45, 2.75) is 19.5 Å². The fourth-order valence-electron chi connectivity index (χ4n) is 3.55. The first-order valence-electron chi connectivity index (χ1n) is 10.6. The standard InChI is InChI=1S/C24H26N2O6S/c1-29-10-4-9-25(24(28)21-6-2-11-30-21)16-23(27)26(15-19-5-3-12-33-19)14-18-7-8-20-22(13-18)32-17-31-20/h2-3,5-8,11-13H,4,9-10,14-17H2,1H3. The van der Waals surface area contributed by atoms with Gasteiger partial charge < -0.3 is 28.4 Å². The highest BCUT2D eigenvalue weighted by Crippen LogP contribution is 2.33. The highest BCUT2D eigenvalue weighted by atomic mass is 32.1. The van der Waals surface area contributed by atoms with Gasteiger partial charge in [0.1, 0.15) is 6.54 Å². The van der Waals surface area contributed by atoms with Gasteiger partial charge in [-0.05, 0) is 47.7 Å². The molecule has 4 rings (SSSR count). The molecule has 33 heavy (non-hydrogen) atoms. The Labute approximate surface area is 196 Å². The van der Waals surface area contributed by atoms with Crippen LogP contribution in [0.3, 0.4) is 0 Å². The predicted octanol–water partition coefficient (Wildman–Crippen LogP) is 3.78. The topological polar surface area (TPSA) is 81.5 Å². The Balaban J connectivity index is 1.51. The second kappa shape index (κ2) is 11.0. The molecule has 0 bridgehead atoms. The molecule has 0 fully saturated rings. The Kier molecular flexibility index (Phi) is 7.64. The average molecular weight is 471 g/mol. The molecule has 3 aromatic rings. The van der Waals surface area contributed by atoms with Crippen molar-refractivity contribution in [1.29, 1.82) is 0 Å². The molecule has 2 amide bonds. The van der Waals surface area contributed by atoms with Crippen molar-refractivity contribution in [3.8, 4) is 11.5 Å². The first-order valence-corrected chi connectivity index (χ1v) is 11.5. The van der Waals surface area contributed by atoms with Crippen LogP contribution in [0, 0.1) is 0 Å². The minimum Gasteiger partial charge on any atom is -0.459 e. The predicted molar refractivity (Wildman–Crippen MR) is 122 cm³/mol. The second-order valence-electron chi connectivity index (χ2n) is 7.57. The Morgan fingerprint density at radius 2 is 1.94 bits per heavy atom. The SMILES string of the molecule is COCCCN(CC(=O)N(Cc1ccc2c(c1)OCO2)Cc1cccs1)C(=O)c1ccco1. The van der Waals surface area contributed by atoms with E-state index < -0.39 is 0 Å². The van der Waals surface area contributed by atoms with Gasteiger partial charge in [-0.3, -0.25) is 9.59 Å². The maximum absolute atomic E-state index is 13.4. The number of furan rings is 1. The van der Waals surface area contributed by atoms with Crippen LogP contribution < -0.4 is 9.47 Å². The Bertz CT molecular complexity index is 1050. The molecule has 0 radical (unpaired) electrons. The molecular formula is C24H26N2O6S. The molecular weight excluding hydrogens is 444 g/mol. The summed E-state index contributed by atoms with van der Waals surface area (Å²) in [6.45, 7) is 1.85. The zero-order chi connectivity index (χ0) is 23.0. The van der Waals surface area contributed by atoms with Gasteiger partial charge in [-0.1, -0.05) is 12.1 Å². The fourth-order valence-corrected chi connectivity index (χ4v) is 4.27. The summed E-state index contributed by atoms with van der Waals surface area (Å²) in [6.07, 6.45) is 2.06. The first-order chi connectivity index (χ1) is 16.1. The highest BCUT2D eigenvalue weighted by molar-refractivity contribution is 7.09. The van der Waals surface area contributed by atoms with E-state index in [1.54, 1.807) is 35.5 Å². The number of hydrogen-bond acceptors (Lipinski definition) is 7. The summed E-state index contributed by atoms with van der Waals surface area (Å²) in [5.74, 6) is 1.11. The number of rotatable bonds is 11. The highest BCUT2D eigenvalue weighted by Gasteiger charge is 2.25. The number of benzene rings is 1. The van der Waals surface area contributed by atoms with Crippen LogP contribution in [0.15, 0.2) is 58.5 Å². The summed E-state index contributed by atoms with van der Waals surface area (Å²) in [4.78, 5) is 30.7. The van der Waals surface area contributed by atoms with Crippen molar-refractivity contribution < 1.29 is 28.2 Å². The van der Waals surface area contributed by atoms with Crippen LogP contribution in [0.2, 0.25) is 0 Å². The fraction of sp³-hybridized carbons (Fsp3) is 0.333. The molecule has 0 saturated carbocycles. The molecule has 0 atom stereocenters. The summed E-state index contributed by atoms with van der Waals surface area (Å²) in [5.41, 5.74) is 0.924. The molecule has 1 aromatic carbocycles. The number of thiophene rings is 1. The summed E-state index contributed by atoms with van der Waals surface area (Å²) < 4.78 is 21.3. The van der Waals surface area contributed by atoms with Crippen molar-refractivity contribution >= 4 is 23.2 Å². The largest absolute Gasteiger partial charge is 0.459 e. The third kappa shape index (κ3) is 5.94. The Morgan fingerprint density at radius 1 is 1.06 bits per heavy atom. The Hall–Kier alpha value is -3.30. The van der Waals surface area contributed by atoms with Crippen molar-refractivity contribution in [1.82, 2.24) is 9.80 Å². The smallest absolute Gasteiger partial charge is 0.290 e. The molecule has 3 heterocycles. The first kappa shape index (κ1) is 22.9. The maximum atomic E-state index is 13.4. The lowest BCUT2D eigenvalue weighted by atomic mass is 10.2. The van der Waals surface area contributed by atoms with E-state index in [-0.39, 0.29) is 30.9 Å². The minimum atomic E-state index is -0.316. The van der Waals surface area contributed by atoms with Crippen LogP contribution in [0.1, 0.15) is 27.4 Å². The molecule has 1 aliphatic heterocycles. The van der Waals surface area contributed by atoms with E-state index in [0.29, 0.717) is 44.2 Å². The van der Waals surface area contributed by atoms with Crippen molar-refractivity contribution in [2.75, 3.05) is 33.6 Å². The molecule has 8 nitrogen and oxygen atoms in total. The van der Waals surface area contributed by atoms with Crippen LogP contribution in [0.25, 0.3) is 0 Å². The summed E-state index contributed by atoms with van der Waals surface area (Å²) in [5, 5.41) is 1.98. The molecule has 2 aromatic heterocycles. The van der Waals surface area contributed by atoms with Crippen molar-refractivity contribution in [3.63, 3.8) is 0 Å². The van der Waals surface area contributed by atoms with E-state index in [0.717, 1.165) is 10.4 Å². The summed E-state index contributed by atoms with van der Waals surface area (Å²) >= 11 is 1.59. The van der Waals surface area contributed by atoms with Gasteiger partial charge in [-0.15, -0.1) is 11.3 Å². The van der Waals surface area contributed by atoms with E-state index in [2.05, 4.69) is 0 Å². The van der Waals surface area contributed by atoms with Gasteiger partial charge in [0, 0.05) is 31.7 Å². The van der Waals surface area contributed by atoms with Gasteiger partial charge in [0.2, 0.25) is 12.7 Å². The monoisotopic (exact) mass is 470 g/mol. The molecule has 0 unspecified atom stereocenters. The lowest BCUT2D eigenvalue weighted by Gasteiger charge is -2.27. The number of carbonyl (C=O) groups is 2. The lowest BCUT2D eigenvalue weighted by Crippen LogP contribution is -2.43. The maximum Gasteiger partial charge on any atom is 0.290 e. The summed E-state index contributed by atoms with van der Waals surface area (Å²) in [7, 11) is 1.61. The van der Waals surface area contributed by atoms with Crippen molar-refractivity contribution in [2.24, 2.45) is 0 Å². The van der Waals surface area contributed by atoms with Gasteiger partial charge in [-0.2, -0.15) is 0 Å². The Morgan fingerprint density at radius 3 is 2.70 bits per heavy atom. The number of ether oxygens (including phenoxy) is 3. The number of hydrogen-bond donors (Lipinski definition) is 0. The van der Waals surface area contributed by atoms with Gasteiger partial charge in [-0.25, -0.2) is 0 Å². The van der Waals surface area contributed by atoms with E-state index in [9.17, 15) is 9.59 Å². The average Bonchev–Trinajstić information content (AvgIpc) is 3.60. The number of fused-ring (bicyclic) bond motifs is 1. The third-order valence-corrected chi connectivity index (χ3v) is 6.07. The van der Waals surface area contributed by atoms with E-state index in [4.69, 9.17) is 18.6 Å². The molecule has 174 valence electrons. The summed E-state index contributed by atoms with van der Waals surface area (Å²) in [6, 6.07) is 12.9. The molecule has 0 saturated heterocycles. The molecule has 9 heteroatoms. The van der Waals surface area contributed by atoms with Gasteiger partial charge in [0.25, 0.3) is 5.91 Å². The van der Waals surface area contributed by atoms with Gasteiger partial charge in [0.05, 0.1) is 12.8 Å². The third-order valence-electron chi connectivity index (χ3n) is 5.21. The molecule has 1 aliphatic rings. The minimum absolute atomic E-state index is 0.0564. The number of nitrogens with zero attached hydrogens (tertiary/aromatic N) is 2. The quantitative estimate of drug-likeness (QED) is 0.397. The second-order valence-corrected chi connectivity index (χ2v) is 8.60. The molecule has 0 spiro atoms. The van der Waals surface area contributed by atoms with Crippen LogP contribution >= 0.6 is 11.3 Å². The molecule has 0 N–H and O–H groups in total. The van der Waals surface area contributed by atoms with Gasteiger partial charge >= 0.3 is 0 Å². The zero-order valence-electron chi connectivity index (χ0n) is 18.4. The number of amides is 2. The van der Waals surface area contributed by atoms with E-state index in [1.807, 2.05) is 35.7 Å². The zero-order valence-corrected chi connectivity index (χ0v) is 19.2.